The number of piperazine rings is 2. The van der Waals surface area contributed by atoms with Crippen molar-refractivity contribution in [1.82, 2.24) is 21.3 Å². The summed E-state index contributed by atoms with van der Waals surface area (Å²) in [4.78, 5) is 22.5. The highest BCUT2D eigenvalue weighted by Gasteiger charge is 2.54. The third-order valence-corrected chi connectivity index (χ3v) is 11.3. The molecule has 7 rings (SSSR count). The average molecular weight is 876 g/mol. The Morgan fingerprint density at radius 1 is 0.800 bits per heavy atom. The zero-order chi connectivity index (χ0) is 40.8. The van der Waals surface area contributed by atoms with Crippen LogP contribution in [0.5, 0.6) is 11.5 Å². The van der Waals surface area contributed by atoms with E-state index in [0.29, 0.717) is 28.6 Å². The van der Waals surface area contributed by atoms with Gasteiger partial charge < -0.3 is 35.3 Å². The van der Waals surface area contributed by atoms with Gasteiger partial charge in [0.15, 0.2) is 6.61 Å². The molecular formula is C34H49Cl3N4O12S2. The molecular weight excluding hydrogens is 827 g/mol. The molecule has 16 nitrogen and oxygen atoms in total. The average Bonchev–Trinajstić information content (AvgIpc) is 3.43. The van der Waals surface area contributed by atoms with Gasteiger partial charge in [-0.05, 0) is 79.2 Å². The van der Waals surface area contributed by atoms with Crippen molar-refractivity contribution < 1.29 is 54.1 Å². The van der Waals surface area contributed by atoms with E-state index in [1.54, 1.807) is 12.1 Å². The van der Waals surface area contributed by atoms with Gasteiger partial charge in [-0.1, -0.05) is 47.8 Å². The summed E-state index contributed by atoms with van der Waals surface area (Å²) in [6.07, 6.45) is 5.57. The maximum absolute atomic E-state index is 12.3. The molecule has 0 aromatic heterocycles. The highest BCUT2D eigenvalue weighted by Crippen LogP contribution is 2.59. The van der Waals surface area contributed by atoms with Crippen LogP contribution in [0.25, 0.3) is 0 Å². The van der Waals surface area contributed by atoms with Crippen molar-refractivity contribution in [2.75, 3.05) is 59.0 Å². The van der Waals surface area contributed by atoms with Crippen LogP contribution in [0.15, 0.2) is 30.3 Å². The third-order valence-electron chi connectivity index (χ3n) is 9.85. The Morgan fingerprint density at radius 2 is 1.33 bits per heavy atom. The monoisotopic (exact) mass is 874 g/mol. The first kappa shape index (κ1) is 47.0. The highest BCUT2D eigenvalue weighted by molar-refractivity contribution is 7.81. The molecule has 2 aromatic carbocycles. The Bertz CT molecular complexity index is 1770. The first-order chi connectivity index (χ1) is 25.8. The number of ketones is 1. The summed E-state index contributed by atoms with van der Waals surface area (Å²) in [7, 11) is -9.16. The van der Waals surface area contributed by atoms with Crippen LogP contribution in [0.2, 0.25) is 15.1 Å². The largest absolute Gasteiger partial charge is 0.480 e. The van der Waals surface area contributed by atoms with Crippen molar-refractivity contribution in [3.63, 3.8) is 0 Å². The Morgan fingerprint density at radius 3 is 1.82 bits per heavy atom. The van der Waals surface area contributed by atoms with E-state index < -0.39 is 33.4 Å². The van der Waals surface area contributed by atoms with Crippen LogP contribution in [0, 0.1) is 17.3 Å². The van der Waals surface area contributed by atoms with Gasteiger partial charge in [0.05, 0.1) is 15.1 Å². The summed E-state index contributed by atoms with van der Waals surface area (Å²) in [5, 5.41) is 22.0. The minimum Gasteiger partial charge on any atom is -0.480 e. The molecule has 3 aliphatic carbocycles. The molecule has 2 aliphatic heterocycles. The first-order valence-corrected chi connectivity index (χ1v) is 21.5. The molecule has 55 heavy (non-hydrogen) atoms. The number of carbonyl (C=O) groups is 2. The summed E-state index contributed by atoms with van der Waals surface area (Å²) in [5.74, 6) is 1.16. The Labute approximate surface area is 336 Å². The second-order valence-corrected chi connectivity index (χ2v) is 16.7. The number of nitrogens with one attached hydrogen (secondary N) is 4. The van der Waals surface area contributed by atoms with E-state index in [0.717, 1.165) is 96.4 Å². The zero-order valence-corrected chi connectivity index (χ0v) is 34.1. The van der Waals surface area contributed by atoms with Gasteiger partial charge in [-0.25, -0.2) is 4.79 Å². The predicted molar refractivity (Wildman–Crippen MR) is 209 cm³/mol. The van der Waals surface area contributed by atoms with Gasteiger partial charge in [0.2, 0.25) is 0 Å². The number of fused-ring (bicyclic) bond motifs is 5. The van der Waals surface area contributed by atoms with Gasteiger partial charge in [0.1, 0.15) is 17.3 Å². The van der Waals surface area contributed by atoms with Crippen molar-refractivity contribution >= 4 is 67.4 Å². The number of hydrogen-bond donors (Lipinski definition) is 8. The fourth-order valence-electron chi connectivity index (χ4n) is 7.46. The number of aliphatic carboxylic acids is 1. The molecule has 0 radical (unpaired) electrons. The van der Waals surface area contributed by atoms with Crippen molar-refractivity contribution in [2.24, 2.45) is 17.3 Å². The maximum atomic E-state index is 12.3. The van der Waals surface area contributed by atoms with Crippen molar-refractivity contribution in [3.8, 4) is 11.5 Å². The smallest absolute Gasteiger partial charge is 0.446 e. The maximum Gasteiger partial charge on any atom is 0.446 e. The van der Waals surface area contributed by atoms with Crippen LogP contribution in [0.3, 0.4) is 0 Å². The molecule has 0 bridgehead atoms. The number of carboxylic acid groups (broad SMARTS) is 1. The van der Waals surface area contributed by atoms with Gasteiger partial charge >= 0.3 is 26.8 Å². The second-order valence-electron chi connectivity index (χ2n) is 13.5. The Balaban J connectivity index is 0.000000219. The van der Waals surface area contributed by atoms with Crippen LogP contribution < -0.4 is 30.2 Å². The molecule has 8 N–H and O–H groups in total. The van der Waals surface area contributed by atoms with Gasteiger partial charge in [-0.2, -0.15) is 16.8 Å². The standard InChI is InChI=1S/C18H22O5S.C8H5Cl3O3.2C4H10N2.H2O4S/c1-18-9-8-14-13-5-3-12(23-24(20,21)22)10-11(13)2-4-15(14)16(18)6-7-17(18)19;9-4-1-6(11)7(2-5(4)10)14-3-8(12)13;2*1-2-6-4-3-5-1;1-5(2,3)4/h3,5,10,14-16H,2,4,6-9H2,1H3,(H,20,21,22);1-2H,3H2,(H,12,13);2*5-6H,1-4H2;(H2,1,2,3,4)/t14-,15-,16+,18+;;;;/m1..../s1. The van der Waals surface area contributed by atoms with Crippen LogP contribution in [0.4, 0.5) is 0 Å². The van der Waals surface area contributed by atoms with E-state index in [-0.39, 0.29) is 27.0 Å². The lowest BCUT2D eigenvalue weighted by Crippen LogP contribution is -2.42. The highest BCUT2D eigenvalue weighted by atomic mass is 35.5. The van der Waals surface area contributed by atoms with E-state index in [2.05, 4.69) is 32.4 Å². The normalized spacial score (nSPS) is 24.1. The second kappa shape index (κ2) is 22.0. The zero-order valence-electron chi connectivity index (χ0n) is 30.2. The summed E-state index contributed by atoms with van der Waals surface area (Å²) >= 11 is 17.1. The minimum atomic E-state index is -4.67. The molecule has 310 valence electrons. The molecule has 2 aromatic rings. The fourth-order valence-corrected chi connectivity index (χ4v) is 8.40. The summed E-state index contributed by atoms with van der Waals surface area (Å²) in [5.41, 5.74) is 2.23. The number of benzene rings is 2. The van der Waals surface area contributed by atoms with Crippen molar-refractivity contribution in [1.29, 1.82) is 0 Å². The van der Waals surface area contributed by atoms with E-state index in [9.17, 15) is 18.0 Å². The van der Waals surface area contributed by atoms with E-state index >= 15 is 0 Å². The number of rotatable bonds is 5. The lowest BCUT2D eigenvalue weighted by atomic mass is 9.55. The molecule has 2 heterocycles. The van der Waals surface area contributed by atoms with Gasteiger partial charge in [-0.15, -0.1) is 0 Å². The number of ether oxygens (including phenoxy) is 1. The molecule has 2 saturated heterocycles. The molecule has 5 aliphatic rings. The lowest BCUT2D eigenvalue weighted by molar-refractivity contribution is -0.139. The lowest BCUT2D eigenvalue weighted by Gasteiger charge is -2.48. The number of hydrogen-bond acceptors (Lipinski definition) is 12. The minimum absolute atomic E-state index is 0.132. The molecule has 0 unspecified atom stereocenters. The van der Waals surface area contributed by atoms with E-state index in [1.807, 2.05) is 6.07 Å². The molecule has 4 fully saturated rings. The van der Waals surface area contributed by atoms with Crippen LogP contribution in [-0.4, -0.2) is 106 Å². The van der Waals surface area contributed by atoms with Crippen molar-refractivity contribution in [2.45, 2.75) is 51.4 Å². The van der Waals surface area contributed by atoms with Crippen LogP contribution in [-0.2, 0) is 36.8 Å². The van der Waals surface area contributed by atoms with E-state index in [1.165, 1.54) is 17.7 Å². The first-order valence-electron chi connectivity index (χ1n) is 17.6. The summed E-state index contributed by atoms with van der Waals surface area (Å²) in [6.45, 7) is 10.8. The molecule has 4 atom stereocenters. The summed E-state index contributed by atoms with van der Waals surface area (Å²) in [6, 6.07) is 8.04. The fraction of sp³-hybridized carbons (Fsp3) is 0.588. The SMILES string of the molecule is C1CNCCN1.C1CNCCN1.C[C@]12CC[C@@H]3c4ccc(OS(=O)(=O)O)cc4CC[C@H]3[C@@H]1CCC2=O.O=C(O)COc1cc(Cl)c(Cl)cc1Cl.O=S(=O)(O)O. The van der Waals surface area contributed by atoms with Crippen LogP contribution in [0.1, 0.15) is 56.1 Å². The molecule has 2 saturated carbocycles. The molecule has 0 spiro atoms. The van der Waals surface area contributed by atoms with Crippen molar-refractivity contribution in [3.05, 3.63) is 56.5 Å². The third kappa shape index (κ3) is 16.2. The van der Waals surface area contributed by atoms with E-state index in [4.69, 9.17) is 66.7 Å². The number of aryl methyl sites for hydroxylation is 1. The number of Topliss-reactive ketones (excluding diaryl/α,β-unsaturated/α-hetero) is 1. The number of halogens is 3. The molecule has 21 heteroatoms. The Kier molecular flexibility index (Phi) is 18.8. The number of carboxylic acids is 1. The molecule has 0 amide bonds. The van der Waals surface area contributed by atoms with Gasteiger partial charge in [0.25, 0.3) is 0 Å². The topological polar surface area (TPSA) is 250 Å². The Hall–Kier alpha value is -2.33. The number of carbonyl (C=O) groups excluding carboxylic acids is 1. The quantitative estimate of drug-likeness (QED) is 0.156. The summed E-state index contributed by atoms with van der Waals surface area (Å²) < 4.78 is 71.6. The van der Waals surface area contributed by atoms with Gasteiger partial charge in [0, 0.05) is 70.3 Å². The predicted octanol–water partition coefficient (Wildman–Crippen LogP) is 4.11. The van der Waals surface area contributed by atoms with Crippen LogP contribution >= 0.6 is 34.8 Å². The van der Waals surface area contributed by atoms with Gasteiger partial charge in [-0.3, -0.25) is 18.5 Å².